The highest BCUT2D eigenvalue weighted by Crippen LogP contribution is 2.32. The van der Waals surface area contributed by atoms with E-state index in [9.17, 15) is 9.18 Å². The van der Waals surface area contributed by atoms with Crippen LogP contribution < -0.4 is 16.8 Å². The zero-order chi connectivity index (χ0) is 19.3. The molecule has 0 saturated heterocycles. The lowest BCUT2D eigenvalue weighted by Gasteiger charge is -2.29. The summed E-state index contributed by atoms with van der Waals surface area (Å²) in [5.74, 6) is -0.0946. The van der Waals surface area contributed by atoms with Crippen molar-refractivity contribution in [2.75, 3.05) is 11.1 Å². The number of carbonyl (C=O) groups is 1. The Morgan fingerprint density at radius 1 is 1.50 bits per heavy atom. The standard InChI is InChI=1S/C18H23FN4OS2/c1-4-18(21,7-8-25-11(2)20)14-9-13(5-6-15(14)19)23-17(24)16-10-26-12(3)22-16/h5-6,9-10H,2,4,7-8,20-21H2,1,3H3,(H,23,24)/t18-/m0/s1. The first-order chi connectivity index (χ1) is 12.2. The normalized spacial score (nSPS) is 13.2. The van der Waals surface area contributed by atoms with Crippen LogP contribution in [0.2, 0.25) is 0 Å². The number of anilines is 1. The van der Waals surface area contributed by atoms with Gasteiger partial charge in [0, 0.05) is 27.9 Å². The van der Waals surface area contributed by atoms with Gasteiger partial charge in [0.05, 0.1) is 10.0 Å². The van der Waals surface area contributed by atoms with E-state index in [1.54, 1.807) is 11.4 Å². The molecule has 1 heterocycles. The van der Waals surface area contributed by atoms with E-state index in [1.165, 1.54) is 35.2 Å². The van der Waals surface area contributed by atoms with Crippen LogP contribution in [0, 0.1) is 12.7 Å². The number of halogens is 1. The van der Waals surface area contributed by atoms with E-state index >= 15 is 0 Å². The lowest BCUT2D eigenvalue weighted by molar-refractivity contribution is 0.102. The van der Waals surface area contributed by atoms with Crippen LogP contribution in [0.4, 0.5) is 10.1 Å². The maximum absolute atomic E-state index is 14.4. The molecule has 1 atom stereocenters. The van der Waals surface area contributed by atoms with Gasteiger partial charge in [-0.2, -0.15) is 0 Å². The largest absolute Gasteiger partial charge is 0.394 e. The average Bonchev–Trinajstić information content (AvgIpc) is 3.02. The Morgan fingerprint density at radius 2 is 2.23 bits per heavy atom. The van der Waals surface area contributed by atoms with Gasteiger partial charge in [0.25, 0.3) is 5.91 Å². The minimum atomic E-state index is -0.857. The van der Waals surface area contributed by atoms with E-state index in [-0.39, 0.29) is 5.91 Å². The molecule has 0 fully saturated rings. The summed E-state index contributed by atoms with van der Waals surface area (Å²) in [4.78, 5) is 16.4. The number of nitrogens with zero attached hydrogens (tertiary/aromatic N) is 1. The molecular weight excluding hydrogens is 371 g/mol. The van der Waals surface area contributed by atoms with Crippen molar-refractivity contribution in [3.8, 4) is 0 Å². The third-order valence-electron chi connectivity index (χ3n) is 4.08. The first kappa shape index (κ1) is 20.4. The Bertz CT molecular complexity index is 808. The molecule has 5 N–H and O–H groups in total. The average molecular weight is 395 g/mol. The van der Waals surface area contributed by atoms with Crippen molar-refractivity contribution in [1.82, 2.24) is 4.98 Å². The van der Waals surface area contributed by atoms with Crippen LogP contribution in [-0.4, -0.2) is 16.6 Å². The fraction of sp³-hybridized carbons (Fsp3) is 0.333. The van der Waals surface area contributed by atoms with Gasteiger partial charge in [0.15, 0.2) is 0 Å². The summed E-state index contributed by atoms with van der Waals surface area (Å²) >= 11 is 2.79. The number of hydrogen-bond acceptors (Lipinski definition) is 6. The predicted molar refractivity (Wildman–Crippen MR) is 108 cm³/mol. The van der Waals surface area contributed by atoms with Gasteiger partial charge >= 0.3 is 0 Å². The molecule has 1 amide bonds. The molecule has 0 saturated carbocycles. The zero-order valence-electron chi connectivity index (χ0n) is 14.8. The second-order valence-electron chi connectivity index (χ2n) is 5.97. The molecular formula is C18H23FN4OS2. The smallest absolute Gasteiger partial charge is 0.275 e. The third kappa shape index (κ3) is 5.06. The van der Waals surface area contributed by atoms with E-state index in [1.807, 2.05) is 13.8 Å². The highest BCUT2D eigenvalue weighted by molar-refractivity contribution is 8.02. The number of rotatable bonds is 8. The molecule has 26 heavy (non-hydrogen) atoms. The van der Waals surface area contributed by atoms with Gasteiger partial charge in [-0.3, -0.25) is 4.79 Å². The van der Waals surface area contributed by atoms with E-state index in [0.29, 0.717) is 40.6 Å². The van der Waals surface area contributed by atoms with Gasteiger partial charge < -0.3 is 16.8 Å². The molecule has 0 unspecified atom stereocenters. The first-order valence-electron chi connectivity index (χ1n) is 8.14. The number of thiazole rings is 1. The molecule has 2 rings (SSSR count). The highest BCUT2D eigenvalue weighted by atomic mass is 32.2. The maximum Gasteiger partial charge on any atom is 0.275 e. The lowest BCUT2D eigenvalue weighted by atomic mass is 9.85. The number of amides is 1. The monoisotopic (exact) mass is 394 g/mol. The summed E-state index contributed by atoms with van der Waals surface area (Å²) in [6, 6.07) is 4.43. The van der Waals surface area contributed by atoms with E-state index < -0.39 is 11.4 Å². The van der Waals surface area contributed by atoms with Crippen LogP contribution >= 0.6 is 23.1 Å². The molecule has 0 spiro atoms. The number of aromatic nitrogens is 1. The summed E-state index contributed by atoms with van der Waals surface area (Å²) in [5.41, 5.74) is 12.4. The molecule has 0 bridgehead atoms. The van der Waals surface area contributed by atoms with Crippen molar-refractivity contribution in [3.05, 3.63) is 57.3 Å². The Balaban J connectivity index is 2.21. The fourth-order valence-corrected chi connectivity index (χ4v) is 3.84. The SMILES string of the molecule is C=C(N)SCC[C@@](N)(CC)c1cc(NC(=O)c2csc(C)n2)ccc1F. The van der Waals surface area contributed by atoms with Crippen LogP contribution in [-0.2, 0) is 5.54 Å². The van der Waals surface area contributed by atoms with Crippen molar-refractivity contribution in [2.45, 2.75) is 32.2 Å². The predicted octanol–water partition coefficient (Wildman–Crippen LogP) is 3.96. The van der Waals surface area contributed by atoms with Crippen molar-refractivity contribution < 1.29 is 9.18 Å². The summed E-state index contributed by atoms with van der Waals surface area (Å²) in [6.45, 7) is 7.38. The van der Waals surface area contributed by atoms with E-state index in [2.05, 4.69) is 16.9 Å². The van der Waals surface area contributed by atoms with Crippen LogP contribution in [0.3, 0.4) is 0 Å². The van der Waals surface area contributed by atoms with E-state index in [4.69, 9.17) is 11.5 Å². The van der Waals surface area contributed by atoms with Crippen LogP contribution in [0.25, 0.3) is 0 Å². The summed E-state index contributed by atoms with van der Waals surface area (Å²) in [7, 11) is 0. The fourth-order valence-electron chi connectivity index (χ4n) is 2.51. The first-order valence-corrected chi connectivity index (χ1v) is 10.0. The van der Waals surface area contributed by atoms with Gasteiger partial charge in [-0.05, 0) is 38.0 Å². The Kier molecular flexibility index (Phi) is 6.80. The number of carbonyl (C=O) groups excluding carboxylic acids is 1. The molecule has 8 heteroatoms. The highest BCUT2D eigenvalue weighted by Gasteiger charge is 2.28. The van der Waals surface area contributed by atoms with Gasteiger partial charge in [-0.1, -0.05) is 13.5 Å². The Hall–Kier alpha value is -1.90. The maximum atomic E-state index is 14.4. The minimum Gasteiger partial charge on any atom is -0.394 e. The molecule has 140 valence electrons. The van der Waals surface area contributed by atoms with Gasteiger partial charge in [-0.15, -0.1) is 23.1 Å². The van der Waals surface area contributed by atoms with Crippen molar-refractivity contribution in [2.24, 2.45) is 11.5 Å². The lowest BCUT2D eigenvalue weighted by Crippen LogP contribution is -2.37. The number of nitrogens with two attached hydrogens (primary N) is 2. The van der Waals surface area contributed by atoms with Crippen molar-refractivity contribution in [1.29, 1.82) is 0 Å². The van der Waals surface area contributed by atoms with Crippen LogP contribution in [0.5, 0.6) is 0 Å². The third-order valence-corrected chi connectivity index (χ3v) is 5.63. The summed E-state index contributed by atoms with van der Waals surface area (Å²) in [5, 5.41) is 5.75. The molecule has 0 aliphatic heterocycles. The topological polar surface area (TPSA) is 94.0 Å². The van der Waals surface area contributed by atoms with Gasteiger partial charge in [0.2, 0.25) is 0 Å². The second-order valence-corrected chi connectivity index (χ2v) is 8.26. The van der Waals surface area contributed by atoms with Gasteiger partial charge in [0.1, 0.15) is 11.5 Å². The summed E-state index contributed by atoms with van der Waals surface area (Å²) in [6.07, 6.45) is 1.08. The molecule has 5 nitrogen and oxygen atoms in total. The number of thioether (sulfide) groups is 1. The minimum absolute atomic E-state index is 0.332. The second kappa shape index (κ2) is 8.66. The quantitative estimate of drug-likeness (QED) is 0.630. The van der Waals surface area contributed by atoms with Crippen LogP contribution in [0.15, 0.2) is 35.2 Å². The molecule has 0 aliphatic rings. The number of benzene rings is 1. The van der Waals surface area contributed by atoms with Crippen molar-refractivity contribution in [3.63, 3.8) is 0 Å². The molecule has 0 radical (unpaired) electrons. The summed E-state index contributed by atoms with van der Waals surface area (Å²) < 4.78 is 14.4. The number of aryl methyl sites for hydroxylation is 1. The molecule has 1 aromatic heterocycles. The molecule has 1 aromatic carbocycles. The zero-order valence-corrected chi connectivity index (χ0v) is 16.5. The number of nitrogens with one attached hydrogen (secondary N) is 1. The van der Waals surface area contributed by atoms with Crippen molar-refractivity contribution >= 4 is 34.7 Å². The van der Waals surface area contributed by atoms with E-state index in [0.717, 1.165) is 5.01 Å². The molecule has 0 aliphatic carbocycles. The van der Waals surface area contributed by atoms with Crippen LogP contribution in [0.1, 0.15) is 40.8 Å². The molecule has 2 aromatic rings. The Labute approximate surface area is 161 Å². The number of hydrogen-bond donors (Lipinski definition) is 3. The Morgan fingerprint density at radius 3 is 2.81 bits per heavy atom. The van der Waals surface area contributed by atoms with Gasteiger partial charge in [-0.25, -0.2) is 9.37 Å².